The van der Waals surface area contributed by atoms with E-state index in [1.165, 1.54) is 0 Å². The van der Waals surface area contributed by atoms with Crippen LogP contribution in [0, 0.1) is 35.5 Å². The van der Waals surface area contributed by atoms with Crippen molar-refractivity contribution < 1.29 is 19.2 Å². The quantitative estimate of drug-likeness (QED) is 0.454. The molecule has 5 aliphatic rings. The lowest BCUT2D eigenvalue weighted by atomic mass is 9.62. The molecule has 3 aliphatic carbocycles. The molecule has 2 saturated heterocycles. The van der Waals surface area contributed by atoms with Crippen LogP contribution in [-0.2, 0) is 19.2 Å². The van der Waals surface area contributed by atoms with Gasteiger partial charge >= 0.3 is 0 Å². The molecule has 0 aromatic heterocycles. The Balaban J connectivity index is 1.77. The second-order valence-electron chi connectivity index (χ2n) is 6.16. The van der Waals surface area contributed by atoms with E-state index in [0.29, 0.717) is 12.8 Å². The third-order valence-corrected chi connectivity index (χ3v) is 5.22. The molecule has 2 bridgehead atoms. The van der Waals surface area contributed by atoms with Crippen molar-refractivity contribution >= 4 is 23.6 Å². The minimum atomic E-state index is -0.373. The zero-order chi connectivity index (χ0) is 14.0. The van der Waals surface area contributed by atoms with Crippen LogP contribution < -0.4 is 10.6 Å². The van der Waals surface area contributed by atoms with Crippen molar-refractivity contribution in [3.63, 3.8) is 0 Å². The average Bonchev–Trinajstić information content (AvgIpc) is 2.77. The lowest BCUT2D eigenvalue weighted by molar-refractivity contribution is -0.128. The van der Waals surface area contributed by atoms with Gasteiger partial charge in [0, 0.05) is 0 Å². The van der Waals surface area contributed by atoms with E-state index in [2.05, 4.69) is 10.6 Å². The van der Waals surface area contributed by atoms with Crippen LogP contribution in [0.15, 0.2) is 12.2 Å². The van der Waals surface area contributed by atoms with Crippen LogP contribution in [-0.4, -0.2) is 23.6 Å². The number of allylic oxidation sites excluding steroid dienone is 2. The van der Waals surface area contributed by atoms with Crippen LogP contribution >= 0.6 is 0 Å². The molecule has 2 heterocycles. The van der Waals surface area contributed by atoms with E-state index >= 15 is 0 Å². The minimum absolute atomic E-state index is 0.132. The first-order chi connectivity index (χ1) is 9.56. The van der Waals surface area contributed by atoms with Gasteiger partial charge in [0.2, 0.25) is 23.6 Å². The summed E-state index contributed by atoms with van der Waals surface area (Å²) in [6.45, 7) is 0. The Morgan fingerprint density at radius 1 is 0.700 bits per heavy atom. The number of nitrogens with one attached hydrogen (secondary N) is 2. The molecule has 6 unspecified atom stereocenters. The largest absolute Gasteiger partial charge is 0.296 e. The molecule has 0 aromatic rings. The molecule has 20 heavy (non-hydrogen) atoms. The van der Waals surface area contributed by atoms with Crippen molar-refractivity contribution in [2.45, 2.75) is 12.8 Å². The lowest BCUT2D eigenvalue weighted by Gasteiger charge is -2.37. The molecule has 104 valence electrons. The van der Waals surface area contributed by atoms with Gasteiger partial charge < -0.3 is 0 Å². The third-order valence-electron chi connectivity index (χ3n) is 5.22. The van der Waals surface area contributed by atoms with Gasteiger partial charge in [-0.3, -0.25) is 29.8 Å². The van der Waals surface area contributed by atoms with E-state index in [-0.39, 0.29) is 59.1 Å². The molecule has 6 atom stereocenters. The third kappa shape index (κ3) is 1.39. The second-order valence-corrected chi connectivity index (χ2v) is 6.16. The molecule has 2 N–H and O–H groups in total. The summed E-state index contributed by atoms with van der Waals surface area (Å²) in [4.78, 5) is 47.7. The van der Waals surface area contributed by atoms with E-state index < -0.39 is 0 Å². The van der Waals surface area contributed by atoms with Crippen LogP contribution in [0.1, 0.15) is 12.8 Å². The van der Waals surface area contributed by atoms with Crippen molar-refractivity contribution in [2.75, 3.05) is 0 Å². The van der Waals surface area contributed by atoms with Gasteiger partial charge in [0.15, 0.2) is 0 Å². The number of rotatable bonds is 0. The molecule has 2 aliphatic heterocycles. The fourth-order valence-electron chi connectivity index (χ4n) is 4.31. The Morgan fingerprint density at radius 2 is 1.10 bits per heavy atom. The van der Waals surface area contributed by atoms with Crippen molar-refractivity contribution in [3.05, 3.63) is 12.2 Å². The topological polar surface area (TPSA) is 92.3 Å². The first-order valence-electron chi connectivity index (χ1n) is 6.94. The Morgan fingerprint density at radius 3 is 1.55 bits per heavy atom. The van der Waals surface area contributed by atoms with E-state index in [1.807, 2.05) is 12.2 Å². The van der Waals surface area contributed by atoms with Crippen LogP contribution in [0.25, 0.3) is 0 Å². The zero-order valence-corrected chi connectivity index (χ0v) is 10.7. The summed E-state index contributed by atoms with van der Waals surface area (Å²) in [7, 11) is 0. The summed E-state index contributed by atoms with van der Waals surface area (Å²) >= 11 is 0. The standard InChI is InChI=1S/C14H14N2O4/c17-11-7-3-5-1-2-6(4-8(7)12(18)15-11)10-9(5)13(19)16-14(10)20/h1-2,5-10H,3-4H2,(H,15,17,18)(H,16,19,20). The summed E-state index contributed by atoms with van der Waals surface area (Å²) in [6, 6.07) is 0. The van der Waals surface area contributed by atoms with E-state index in [9.17, 15) is 19.2 Å². The number of imide groups is 2. The lowest BCUT2D eigenvalue weighted by Crippen LogP contribution is -2.40. The summed E-state index contributed by atoms with van der Waals surface area (Å²) in [5, 5.41) is 4.78. The molecule has 0 aromatic carbocycles. The normalized spacial score (nSPS) is 45.6. The monoisotopic (exact) mass is 274 g/mol. The van der Waals surface area contributed by atoms with Crippen molar-refractivity contribution in [2.24, 2.45) is 35.5 Å². The highest BCUT2D eigenvalue weighted by atomic mass is 16.2. The smallest absolute Gasteiger partial charge is 0.231 e. The first kappa shape index (κ1) is 11.8. The average molecular weight is 274 g/mol. The highest BCUT2D eigenvalue weighted by Gasteiger charge is 2.56. The molecule has 5 rings (SSSR count). The summed E-state index contributed by atoms with van der Waals surface area (Å²) in [5.41, 5.74) is 0. The molecular formula is C14H14N2O4. The first-order valence-corrected chi connectivity index (χ1v) is 6.94. The minimum Gasteiger partial charge on any atom is -0.296 e. The number of hydrogen-bond donors (Lipinski definition) is 2. The fraction of sp³-hybridized carbons (Fsp3) is 0.571. The predicted molar refractivity (Wildman–Crippen MR) is 65.6 cm³/mol. The molecule has 4 amide bonds. The number of carbonyl (C=O) groups excluding carboxylic acids is 4. The molecule has 1 saturated carbocycles. The summed E-state index contributed by atoms with van der Waals surface area (Å²) in [5.74, 6) is -2.66. The zero-order valence-electron chi connectivity index (χ0n) is 10.7. The molecule has 0 radical (unpaired) electrons. The molecule has 0 spiro atoms. The van der Waals surface area contributed by atoms with Crippen LogP contribution in [0.2, 0.25) is 0 Å². The van der Waals surface area contributed by atoms with Gasteiger partial charge in [0.1, 0.15) is 0 Å². The van der Waals surface area contributed by atoms with Crippen molar-refractivity contribution in [1.29, 1.82) is 0 Å². The Kier molecular flexibility index (Phi) is 2.23. The molecule has 6 nitrogen and oxygen atoms in total. The van der Waals surface area contributed by atoms with Crippen LogP contribution in [0.4, 0.5) is 0 Å². The Labute approximate surface area is 115 Å². The Bertz CT molecular complexity index is 534. The maximum atomic E-state index is 12.0. The number of hydrogen-bond acceptors (Lipinski definition) is 4. The van der Waals surface area contributed by atoms with Gasteiger partial charge in [0.25, 0.3) is 0 Å². The van der Waals surface area contributed by atoms with Gasteiger partial charge in [-0.25, -0.2) is 0 Å². The Hall–Kier alpha value is -1.98. The maximum Gasteiger partial charge on any atom is 0.231 e. The van der Waals surface area contributed by atoms with E-state index in [1.54, 1.807) is 0 Å². The van der Waals surface area contributed by atoms with Gasteiger partial charge in [-0.15, -0.1) is 0 Å². The van der Waals surface area contributed by atoms with E-state index in [4.69, 9.17) is 0 Å². The predicted octanol–water partition coefficient (Wildman–Crippen LogP) is -0.640. The van der Waals surface area contributed by atoms with Gasteiger partial charge in [0.05, 0.1) is 23.7 Å². The summed E-state index contributed by atoms with van der Waals surface area (Å²) in [6.07, 6.45) is 4.84. The van der Waals surface area contributed by atoms with Gasteiger partial charge in [-0.1, -0.05) is 12.2 Å². The number of amides is 4. The highest BCUT2D eigenvalue weighted by molar-refractivity contribution is 6.07. The fourth-order valence-corrected chi connectivity index (χ4v) is 4.31. The molecule has 6 heteroatoms. The van der Waals surface area contributed by atoms with Crippen molar-refractivity contribution in [1.82, 2.24) is 10.6 Å². The number of carbonyl (C=O) groups is 4. The van der Waals surface area contributed by atoms with Gasteiger partial charge in [-0.05, 0) is 24.7 Å². The van der Waals surface area contributed by atoms with Gasteiger partial charge in [-0.2, -0.15) is 0 Å². The van der Waals surface area contributed by atoms with Crippen molar-refractivity contribution in [3.8, 4) is 0 Å². The van der Waals surface area contributed by atoms with Crippen LogP contribution in [0.3, 0.4) is 0 Å². The summed E-state index contributed by atoms with van der Waals surface area (Å²) < 4.78 is 0. The van der Waals surface area contributed by atoms with Crippen LogP contribution in [0.5, 0.6) is 0 Å². The highest BCUT2D eigenvalue weighted by Crippen LogP contribution is 2.48. The SMILES string of the molecule is O=C1NC(=O)C2CC3C=CC(CC12)C1C(=O)NC(=O)C31. The maximum absolute atomic E-state index is 12.0. The molecular weight excluding hydrogens is 260 g/mol. The van der Waals surface area contributed by atoms with E-state index in [0.717, 1.165) is 0 Å². The second kappa shape index (κ2) is 3.77. The molecule has 3 fully saturated rings.